The monoisotopic (exact) mass is 524 g/mol. The standard InChI is InChI=1S/C19H21BrN6O5S/c1-24-13-6-12(20)15(7-14(13)25(2)19(24)29)32(30,31)23-18(28)11-4-3-5-26(9-11)16-8-17(27)22-10-21-16/h6-8,10-11H,3-5,9H2,1-2H3,(H,23,28)(H,21,22,27). The zero-order valence-electron chi connectivity index (χ0n) is 17.3. The third-order valence-corrected chi connectivity index (χ3v) is 7.94. The number of nitrogens with one attached hydrogen (secondary N) is 2. The van der Waals surface area contributed by atoms with Gasteiger partial charge in [0.25, 0.3) is 15.6 Å². The third-order valence-electron chi connectivity index (χ3n) is 5.63. The molecule has 1 aliphatic rings. The van der Waals surface area contributed by atoms with Crippen LogP contribution in [0.25, 0.3) is 11.0 Å². The van der Waals surface area contributed by atoms with E-state index in [1.54, 1.807) is 19.0 Å². The molecule has 3 aromatic rings. The molecule has 0 radical (unpaired) electrons. The Kier molecular flexibility index (Phi) is 5.71. The quantitative estimate of drug-likeness (QED) is 0.504. The van der Waals surface area contributed by atoms with Gasteiger partial charge in [-0.2, -0.15) is 0 Å². The number of imidazole rings is 1. The topological polar surface area (TPSA) is 139 Å². The molecular weight excluding hydrogens is 504 g/mol. The average Bonchev–Trinajstić information content (AvgIpc) is 2.96. The lowest BCUT2D eigenvalue weighted by atomic mass is 9.97. The number of nitrogens with zero attached hydrogens (tertiary/aromatic N) is 4. The lowest BCUT2D eigenvalue weighted by Crippen LogP contribution is -2.45. The van der Waals surface area contributed by atoms with Crippen LogP contribution in [0.2, 0.25) is 0 Å². The van der Waals surface area contributed by atoms with Gasteiger partial charge in [-0.05, 0) is 40.9 Å². The van der Waals surface area contributed by atoms with Crippen molar-refractivity contribution in [1.82, 2.24) is 23.8 Å². The fourth-order valence-corrected chi connectivity index (χ4v) is 6.00. The van der Waals surface area contributed by atoms with Gasteiger partial charge in [0, 0.05) is 37.7 Å². The highest BCUT2D eigenvalue weighted by atomic mass is 79.9. The van der Waals surface area contributed by atoms with Crippen molar-refractivity contribution in [2.24, 2.45) is 20.0 Å². The molecule has 1 aliphatic heterocycles. The molecule has 0 saturated carbocycles. The summed E-state index contributed by atoms with van der Waals surface area (Å²) in [5, 5.41) is 0. The predicted octanol–water partition coefficient (Wildman–Crippen LogP) is 0.444. The number of benzene rings is 1. The van der Waals surface area contributed by atoms with Crippen LogP contribution in [0.3, 0.4) is 0 Å². The van der Waals surface area contributed by atoms with Gasteiger partial charge in [0.05, 0.1) is 23.3 Å². The number of carbonyl (C=O) groups is 1. The molecule has 2 aromatic heterocycles. The van der Waals surface area contributed by atoms with E-state index in [4.69, 9.17) is 0 Å². The summed E-state index contributed by atoms with van der Waals surface area (Å²) in [5.74, 6) is -0.788. The Balaban J connectivity index is 1.58. The van der Waals surface area contributed by atoms with Crippen molar-refractivity contribution >= 4 is 48.7 Å². The molecule has 32 heavy (non-hydrogen) atoms. The number of carbonyl (C=O) groups excluding carboxylic acids is 1. The molecular formula is C19H21BrN6O5S. The summed E-state index contributed by atoms with van der Waals surface area (Å²) < 4.78 is 31.2. The van der Waals surface area contributed by atoms with E-state index in [1.807, 2.05) is 0 Å². The summed E-state index contributed by atoms with van der Waals surface area (Å²) in [6.07, 6.45) is 2.44. The molecule has 11 nitrogen and oxygen atoms in total. The molecule has 1 fully saturated rings. The zero-order valence-corrected chi connectivity index (χ0v) is 19.7. The van der Waals surface area contributed by atoms with Crippen LogP contribution in [0, 0.1) is 5.92 Å². The summed E-state index contributed by atoms with van der Waals surface area (Å²) in [6.45, 7) is 0.850. The number of halogens is 1. The van der Waals surface area contributed by atoms with E-state index in [9.17, 15) is 22.8 Å². The Hall–Kier alpha value is -2.93. The van der Waals surface area contributed by atoms with Gasteiger partial charge >= 0.3 is 5.69 Å². The van der Waals surface area contributed by atoms with E-state index in [2.05, 4.69) is 30.6 Å². The van der Waals surface area contributed by atoms with Crippen molar-refractivity contribution < 1.29 is 13.2 Å². The number of fused-ring (bicyclic) bond motifs is 1. The van der Waals surface area contributed by atoms with Gasteiger partial charge in [0.1, 0.15) is 10.7 Å². The summed E-state index contributed by atoms with van der Waals surface area (Å²) in [4.78, 5) is 44.8. The molecule has 1 atom stereocenters. The molecule has 1 amide bonds. The number of hydrogen-bond donors (Lipinski definition) is 2. The van der Waals surface area contributed by atoms with Crippen LogP contribution in [0.15, 0.2) is 43.5 Å². The first-order valence-electron chi connectivity index (χ1n) is 9.80. The molecule has 0 bridgehead atoms. The number of aromatic amines is 1. The van der Waals surface area contributed by atoms with E-state index in [0.717, 1.165) is 0 Å². The lowest BCUT2D eigenvalue weighted by Gasteiger charge is -2.32. The molecule has 3 heterocycles. The van der Waals surface area contributed by atoms with Crippen LogP contribution in [-0.2, 0) is 28.9 Å². The maximum atomic E-state index is 13.0. The maximum absolute atomic E-state index is 13.0. The molecule has 0 spiro atoms. The minimum atomic E-state index is -4.20. The largest absolute Gasteiger partial charge is 0.356 e. The fourth-order valence-electron chi connectivity index (χ4n) is 3.91. The number of sulfonamides is 1. The highest BCUT2D eigenvalue weighted by Gasteiger charge is 2.31. The van der Waals surface area contributed by atoms with Crippen molar-refractivity contribution in [3.63, 3.8) is 0 Å². The third kappa shape index (κ3) is 3.97. The van der Waals surface area contributed by atoms with E-state index in [1.165, 1.54) is 33.7 Å². The second kappa shape index (κ2) is 8.20. The molecule has 1 aromatic carbocycles. The fraction of sp³-hybridized carbons (Fsp3) is 0.368. The van der Waals surface area contributed by atoms with Crippen LogP contribution in [0.1, 0.15) is 12.8 Å². The van der Waals surface area contributed by atoms with Crippen LogP contribution in [0.5, 0.6) is 0 Å². The van der Waals surface area contributed by atoms with Crippen molar-refractivity contribution in [1.29, 1.82) is 0 Å². The lowest BCUT2D eigenvalue weighted by molar-refractivity contribution is -0.123. The summed E-state index contributed by atoms with van der Waals surface area (Å²) in [7, 11) is -1.06. The van der Waals surface area contributed by atoms with Crippen LogP contribution in [-0.4, -0.2) is 46.5 Å². The molecule has 4 rings (SSSR count). The number of piperidine rings is 1. The van der Waals surface area contributed by atoms with Gasteiger partial charge in [0.2, 0.25) is 5.91 Å². The first-order chi connectivity index (χ1) is 15.1. The number of hydrogen-bond acceptors (Lipinski definition) is 7. The smallest absolute Gasteiger partial charge is 0.328 e. The van der Waals surface area contributed by atoms with E-state index in [-0.39, 0.29) is 27.2 Å². The number of aromatic nitrogens is 4. The first kappa shape index (κ1) is 22.3. The van der Waals surface area contributed by atoms with Gasteiger partial charge < -0.3 is 9.88 Å². The summed E-state index contributed by atoms with van der Waals surface area (Å²) in [6, 6.07) is 4.24. The predicted molar refractivity (Wildman–Crippen MR) is 121 cm³/mol. The van der Waals surface area contributed by atoms with Gasteiger partial charge in [-0.3, -0.25) is 18.7 Å². The SMILES string of the molecule is Cn1c(=O)n(C)c2cc(S(=O)(=O)NC(=O)C3CCCN(c4cc(=O)[nH]cn4)C3)c(Br)cc21. The van der Waals surface area contributed by atoms with E-state index >= 15 is 0 Å². The number of anilines is 1. The van der Waals surface area contributed by atoms with Crippen LogP contribution < -0.4 is 20.9 Å². The minimum Gasteiger partial charge on any atom is -0.356 e. The Morgan fingerprint density at radius 3 is 2.56 bits per heavy atom. The van der Waals surface area contributed by atoms with E-state index in [0.29, 0.717) is 36.2 Å². The Labute approximate surface area is 191 Å². The van der Waals surface area contributed by atoms with Crippen molar-refractivity contribution in [2.75, 3.05) is 18.0 Å². The molecule has 0 aliphatic carbocycles. The number of amides is 1. The molecule has 13 heteroatoms. The van der Waals surface area contributed by atoms with E-state index < -0.39 is 21.8 Å². The van der Waals surface area contributed by atoms with Crippen molar-refractivity contribution in [2.45, 2.75) is 17.7 Å². The van der Waals surface area contributed by atoms with Gasteiger partial charge in [-0.15, -0.1) is 0 Å². The highest BCUT2D eigenvalue weighted by molar-refractivity contribution is 9.10. The first-order valence-corrected chi connectivity index (χ1v) is 12.1. The molecule has 2 N–H and O–H groups in total. The Bertz CT molecular complexity index is 1440. The minimum absolute atomic E-state index is 0.136. The Morgan fingerprint density at radius 1 is 1.19 bits per heavy atom. The number of aryl methyl sites for hydroxylation is 2. The summed E-state index contributed by atoms with van der Waals surface area (Å²) in [5.41, 5.74) is 0.390. The van der Waals surface area contributed by atoms with Gasteiger partial charge in [0.15, 0.2) is 0 Å². The highest BCUT2D eigenvalue weighted by Crippen LogP contribution is 2.28. The average molecular weight is 525 g/mol. The van der Waals surface area contributed by atoms with Gasteiger partial charge in [-0.25, -0.2) is 22.9 Å². The van der Waals surface area contributed by atoms with Crippen molar-refractivity contribution in [3.8, 4) is 0 Å². The molecule has 1 saturated heterocycles. The van der Waals surface area contributed by atoms with Gasteiger partial charge in [-0.1, -0.05) is 0 Å². The van der Waals surface area contributed by atoms with Crippen LogP contribution in [0.4, 0.5) is 5.82 Å². The zero-order chi connectivity index (χ0) is 23.2. The Morgan fingerprint density at radius 2 is 1.88 bits per heavy atom. The second-order valence-corrected chi connectivity index (χ2v) is 10.2. The molecule has 170 valence electrons. The van der Waals surface area contributed by atoms with Crippen molar-refractivity contribution in [3.05, 3.63) is 49.8 Å². The second-order valence-electron chi connectivity index (χ2n) is 7.70. The normalized spacial score (nSPS) is 17.0. The summed E-state index contributed by atoms with van der Waals surface area (Å²) >= 11 is 3.25. The number of H-pyrrole nitrogens is 1. The maximum Gasteiger partial charge on any atom is 0.328 e. The number of rotatable bonds is 4. The molecule has 1 unspecified atom stereocenters. The van der Waals surface area contributed by atoms with Crippen LogP contribution >= 0.6 is 15.9 Å².